The van der Waals surface area contributed by atoms with E-state index in [-0.39, 0.29) is 11.8 Å². The second-order valence-corrected chi connectivity index (χ2v) is 5.47. The zero-order valence-corrected chi connectivity index (χ0v) is 12.1. The van der Waals surface area contributed by atoms with Crippen molar-refractivity contribution in [1.82, 2.24) is 5.32 Å². The van der Waals surface area contributed by atoms with Crippen LogP contribution in [-0.2, 0) is 4.79 Å². The maximum absolute atomic E-state index is 12.0. The first-order valence-electron chi connectivity index (χ1n) is 6.40. The Morgan fingerprint density at radius 2 is 1.81 bits per heavy atom. The van der Waals surface area contributed by atoms with Crippen LogP contribution in [-0.4, -0.2) is 18.8 Å². The van der Waals surface area contributed by atoms with Crippen LogP contribution in [0.15, 0.2) is 24.3 Å². The molecule has 0 spiro atoms. The maximum atomic E-state index is 12.0. The average Bonchev–Trinajstić information content (AvgIpc) is 2.35. The summed E-state index contributed by atoms with van der Waals surface area (Å²) < 4.78 is 39.9. The van der Waals surface area contributed by atoms with Crippen LogP contribution in [0, 0.1) is 5.41 Å². The fourth-order valence-corrected chi connectivity index (χ4v) is 1.57. The monoisotopic (exact) mass is 304 g/mol. The van der Waals surface area contributed by atoms with E-state index in [9.17, 15) is 18.0 Å². The summed E-state index contributed by atoms with van der Waals surface area (Å²) in [4.78, 5) is 11.2. The molecule has 0 bridgehead atoms. The molecule has 0 saturated heterocycles. The molecule has 4 nitrogen and oxygen atoms in total. The smallest absolute Gasteiger partial charge is 0.406 e. The molecular weight excluding hydrogens is 285 g/mol. The highest BCUT2D eigenvalue weighted by molar-refractivity contribution is 5.80. The lowest BCUT2D eigenvalue weighted by atomic mass is 9.92. The van der Waals surface area contributed by atoms with Crippen LogP contribution in [0.1, 0.15) is 32.4 Å². The van der Waals surface area contributed by atoms with Crippen LogP contribution in [0.5, 0.6) is 5.75 Å². The molecule has 0 aliphatic rings. The van der Waals surface area contributed by atoms with Crippen LogP contribution in [0.3, 0.4) is 0 Å². The van der Waals surface area contributed by atoms with Crippen molar-refractivity contribution in [3.05, 3.63) is 29.8 Å². The summed E-state index contributed by atoms with van der Waals surface area (Å²) in [6.45, 7) is 5.64. The van der Waals surface area contributed by atoms with Gasteiger partial charge in [0, 0.05) is 12.6 Å². The fraction of sp³-hybridized carbons (Fsp3) is 0.500. The van der Waals surface area contributed by atoms with Crippen molar-refractivity contribution in [2.75, 3.05) is 6.54 Å². The zero-order chi connectivity index (χ0) is 16.3. The zero-order valence-electron chi connectivity index (χ0n) is 12.1. The Kier molecular flexibility index (Phi) is 5.22. The number of amides is 1. The first kappa shape index (κ1) is 17.3. The van der Waals surface area contributed by atoms with E-state index in [4.69, 9.17) is 5.73 Å². The molecule has 0 aromatic heterocycles. The maximum Gasteiger partial charge on any atom is 0.573 e. The third-order valence-corrected chi connectivity index (χ3v) is 3.13. The van der Waals surface area contributed by atoms with Crippen LogP contribution in [0.2, 0.25) is 0 Å². The molecule has 7 heteroatoms. The lowest BCUT2D eigenvalue weighted by Crippen LogP contribution is -2.41. The minimum Gasteiger partial charge on any atom is -0.406 e. The predicted octanol–water partition coefficient (Wildman–Crippen LogP) is 2.75. The number of carbonyl (C=O) groups excluding carboxylic acids is 1. The van der Waals surface area contributed by atoms with E-state index in [0.717, 1.165) is 5.56 Å². The molecule has 1 rings (SSSR count). The molecular formula is C14H19F3N2O2. The molecule has 3 N–H and O–H groups in total. The van der Waals surface area contributed by atoms with Crippen molar-refractivity contribution in [3.8, 4) is 5.75 Å². The Hall–Kier alpha value is -1.76. The highest BCUT2D eigenvalue weighted by Gasteiger charge is 2.31. The van der Waals surface area contributed by atoms with Crippen molar-refractivity contribution in [2.45, 2.75) is 33.2 Å². The molecule has 1 aromatic carbocycles. The number of hydrogen-bond acceptors (Lipinski definition) is 3. The van der Waals surface area contributed by atoms with Crippen molar-refractivity contribution in [1.29, 1.82) is 0 Å². The van der Waals surface area contributed by atoms with E-state index in [1.807, 2.05) is 6.92 Å². The van der Waals surface area contributed by atoms with Crippen molar-refractivity contribution in [3.63, 3.8) is 0 Å². The van der Waals surface area contributed by atoms with E-state index < -0.39 is 17.7 Å². The Morgan fingerprint density at radius 1 is 1.29 bits per heavy atom. The summed E-state index contributed by atoms with van der Waals surface area (Å²) in [6.07, 6.45) is -4.70. The molecule has 1 aromatic rings. The first-order valence-corrected chi connectivity index (χ1v) is 6.40. The lowest BCUT2D eigenvalue weighted by molar-refractivity contribution is -0.274. The Labute approximate surface area is 121 Å². The van der Waals surface area contributed by atoms with Gasteiger partial charge < -0.3 is 15.8 Å². The topological polar surface area (TPSA) is 64.3 Å². The predicted molar refractivity (Wildman–Crippen MR) is 72.5 cm³/mol. The number of nitrogens with two attached hydrogens (primary N) is 1. The van der Waals surface area contributed by atoms with Gasteiger partial charge in [-0.15, -0.1) is 13.2 Å². The van der Waals surface area contributed by atoms with Crippen LogP contribution in [0.4, 0.5) is 13.2 Å². The van der Waals surface area contributed by atoms with Gasteiger partial charge >= 0.3 is 6.36 Å². The molecule has 0 fully saturated rings. The third kappa shape index (κ3) is 5.63. The van der Waals surface area contributed by atoms with Crippen molar-refractivity contribution >= 4 is 5.91 Å². The molecule has 1 unspecified atom stereocenters. The molecule has 1 atom stereocenters. The van der Waals surface area contributed by atoms with Gasteiger partial charge in [-0.2, -0.15) is 0 Å². The largest absolute Gasteiger partial charge is 0.573 e. The van der Waals surface area contributed by atoms with Gasteiger partial charge in [0.1, 0.15) is 5.75 Å². The van der Waals surface area contributed by atoms with Crippen LogP contribution >= 0.6 is 0 Å². The standard InChI is InChI=1S/C14H19F3N2O2/c1-9(19-8-13(2,3)12(18)20)10-4-6-11(7-5-10)21-14(15,16)17/h4-7,9,19H,8H2,1-3H3,(H2,18,20). The average molecular weight is 304 g/mol. The molecule has 0 radical (unpaired) electrons. The van der Waals surface area contributed by atoms with Gasteiger partial charge in [0.15, 0.2) is 0 Å². The van der Waals surface area contributed by atoms with Gasteiger partial charge in [0.25, 0.3) is 0 Å². The van der Waals surface area contributed by atoms with E-state index in [1.165, 1.54) is 24.3 Å². The number of halogens is 3. The summed E-state index contributed by atoms with van der Waals surface area (Å²) in [5.74, 6) is -0.688. The van der Waals surface area contributed by atoms with E-state index in [1.54, 1.807) is 13.8 Å². The summed E-state index contributed by atoms with van der Waals surface area (Å²) in [7, 11) is 0. The molecule has 0 saturated carbocycles. The van der Waals surface area contributed by atoms with Gasteiger partial charge in [0.2, 0.25) is 5.91 Å². The molecule has 0 aliphatic heterocycles. The van der Waals surface area contributed by atoms with Crippen molar-refractivity contribution < 1.29 is 22.7 Å². The van der Waals surface area contributed by atoms with Gasteiger partial charge in [-0.3, -0.25) is 4.79 Å². The Bertz CT molecular complexity index is 484. The molecule has 0 heterocycles. The number of rotatable bonds is 6. The number of hydrogen-bond donors (Lipinski definition) is 2. The van der Waals surface area contributed by atoms with Gasteiger partial charge in [-0.1, -0.05) is 12.1 Å². The van der Waals surface area contributed by atoms with Crippen LogP contribution < -0.4 is 15.8 Å². The minimum absolute atomic E-state index is 0.136. The fourth-order valence-electron chi connectivity index (χ4n) is 1.57. The quantitative estimate of drug-likeness (QED) is 0.849. The first-order chi connectivity index (χ1) is 9.51. The highest BCUT2D eigenvalue weighted by Crippen LogP contribution is 2.24. The number of primary amides is 1. The van der Waals surface area contributed by atoms with E-state index in [2.05, 4.69) is 10.1 Å². The molecule has 118 valence electrons. The van der Waals surface area contributed by atoms with Crippen LogP contribution in [0.25, 0.3) is 0 Å². The number of nitrogens with one attached hydrogen (secondary N) is 1. The van der Waals surface area contributed by atoms with E-state index >= 15 is 0 Å². The second kappa shape index (κ2) is 6.34. The van der Waals surface area contributed by atoms with Crippen molar-refractivity contribution in [2.24, 2.45) is 11.1 Å². The number of alkyl halides is 3. The van der Waals surface area contributed by atoms with E-state index in [0.29, 0.717) is 6.54 Å². The summed E-state index contributed by atoms with van der Waals surface area (Å²) in [5.41, 5.74) is 5.35. The third-order valence-electron chi connectivity index (χ3n) is 3.13. The molecule has 21 heavy (non-hydrogen) atoms. The summed E-state index contributed by atoms with van der Waals surface area (Å²) >= 11 is 0. The number of ether oxygens (including phenoxy) is 1. The minimum atomic E-state index is -4.70. The second-order valence-electron chi connectivity index (χ2n) is 5.47. The van der Waals surface area contributed by atoms with Gasteiger partial charge in [0.05, 0.1) is 5.41 Å². The summed E-state index contributed by atoms with van der Waals surface area (Å²) in [5, 5.41) is 3.12. The SMILES string of the molecule is CC(NCC(C)(C)C(N)=O)c1ccc(OC(F)(F)F)cc1. The van der Waals surface area contributed by atoms with Gasteiger partial charge in [-0.25, -0.2) is 0 Å². The Balaban J connectivity index is 2.63. The highest BCUT2D eigenvalue weighted by atomic mass is 19.4. The number of carbonyl (C=O) groups is 1. The normalized spacial score (nSPS) is 13.8. The Morgan fingerprint density at radius 3 is 2.24 bits per heavy atom. The molecule has 0 aliphatic carbocycles. The van der Waals surface area contributed by atoms with Gasteiger partial charge in [-0.05, 0) is 38.5 Å². The molecule has 1 amide bonds. The number of benzene rings is 1. The summed E-state index contributed by atoms with van der Waals surface area (Å²) in [6, 6.07) is 5.44. The lowest BCUT2D eigenvalue weighted by Gasteiger charge is -2.24.